The van der Waals surface area contributed by atoms with Crippen molar-refractivity contribution in [2.24, 2.45) is 24.1 Å². The fourth-order valence-electron chi connectivity index (χ4n) is 2.95. The molecule has 0 aromatic carbocycles. The number of rotatable bonds is 1. The Bertz CT molecular complexity index is 377. The van der Waals surface area contributed by atoms with Crippen LogP contribution in [0.4, 0.5) is 0 Å². The predicted molar refractivity (Wildman–Crippen MR) is 68.5 cm³/mol. The van der Waals surface area contributed by atoms with E-state index in [-0.39, 0.29) is 6.04 Å². The highest BCUT2D eigenvalue weighted by Gasteiger charge is 2.36. The molecule has 1 saturated carbocycles. The van der Waals surface area contributed by atoms with E-state index < -0.39 is 0 Å². The molecule has 1 aliphatic carbocycles. The Morgan fingerprint density at radius 1 is 1.35 bits per heavy atom. The highest BCUT2D eigenvalue weighted by molar-refractivity contribution is 5.09. The van der Waals surface area contributed by atoms with Crippen LogP contribution in [0.2, 0.25) is 0 Å². The third-order valence-electron chi connectivity index (χ3n) is 4.26. The lowest BCUT2D eigenvalue weighted by Crippen LogP contribution is -2.39. The van der Waals surface area contributed by atoms with Gasteiger partial charge in [-0.05, 0) is 30.6 Å². The van der Waals surface area contributed by atoms with Crippen LogP contribution in [0.25, 0.3) is 0 Å². The van der Waals surface area contributed by atoms with Gasteiger partial charge in [0.1, 0.15) is 0 Å². The number of hydrogen-bond acceptors (Lipinski definition) is 3. The molecule has 1 aromatic rings. The van der Waals surface area contributed by atoms with Crippen molar-refractivity contribution >= 4 is 0 Å². The monoisotopic (exact) mass is 236 g/mol. The second-order valence-corrected chi connectivity index (χ2v) is 6.43. The quantitative estimate of drug-likeness (QED) is 0.812. The van der Waals surface area contributed by atoms with Crippen molar-refractivity contribution in [2.75, 3.05) is 0 Å². The summed E-state index contributed by atoms with van der Waals surface area (Å²) < 4.78 is 1.87. The van der Waals surface area contributed by atoms with Crippen LogP contribution in [0.15, 0.2) is 6.20 Å². The molecule has 1 heterocycles. The zero-order chi connectivity index (χ0) is 12.6. The highest BCUT2D eigenvalue weighted by atomic mass is 15.4. The van der Waals surface area contributed by atoms with E-state index in [1.54, 1.807) is 0 Å². The summed E-state index contributed by atoms with van der Waals surface area (Å²) in [5.41, 5.74) is 7.83. The fraction of sp³-hybridized carbons (Fsp3) is 0.846. The average Bonchev–Trinajstić information content (AvgIpc) is 2.63. The molecule has 0 spiro atoms. The number of aryl methyl sites for hydroxylation is 1. The molecule has 96 valence electrons. The number of hydrogen-bond donors (Lipinski definition) is 1. The van der Waals surface area contributed by atoms with Gasteiger partial charge in [-0.15, -0.1) is 5.10 Å². The lowest BCUT2D eigenvalue weighted by molar-refractivity contribution is 0.151. The first-order chi connectivity index (χ1) is 7.89. The van der Waals surface area contributed by atoms with Crippen molar-refractivity contribution in [3.8, 4) is 0 Å². The minimum absolute atomic E-state index is 0.255. The summed E-state index contributed by atoms with van der Waals surface area (Å²) in [6, 6.07) is 0.255. The summed E-state index contributed by atoms with van der Waals surface area (Å²) in [7, 11) is 1.95. The minimum Gasteiger partial charge on any atom is -0.327 e. The molecule has 1 aliphatic rings. The Labute approximate surface area is 104 Å². The molecular weight excluding hydrogens is 212 g/mol. The molecule has 0 saturated heterocycles. The van der Waals surface area contributed by atoms with Gasteiger partial charge >= 0.3 is 0 Å². The van der Waals surface area contributed by atoms with E-state index in [9.17, 15) is 0 Å². The summed E-state index contributed by atoms with van der Waals surface area (Å²) >= 11 is 0. The Hall–Kier alpha value is -0.900. The van der Waals surface area contributed by atoms with Gasteiger partial charge in [-0.1, -0.05) is 26.0 Å². The van der Waals surface area contributed by atoms with Crippen LogP contribution in [0.1, 0.15) is 51.6 Å². The van der Waals surface area contributed by atoms with E-state index in [1.807, 2.05) is 17.9 Å². The van der Waals surface area contributed by atoms with E-state index in [1.165, 1.54) is 12.1 Å². The van der Waals surface area contributed by atoms with Crippen LogP contribution < -0.4 is 5.73 Å². The third-order valence-corrected chi connectivity index (χ3v) is 4.26. The van der Waals surface area contributed by atoms with Crippen molar-refractivity contribution in [3.05, 3.63) is 11.9 Å². The van der Waals surface area contributed by atoms with Crippen molar-refractivity contribution in [1.82, 2.24) is 15.0 Å². The normalized spacial score (nSPS) is 30.5. The van der Waals surface area contributed by atoms with E-state index in [2.05, 4.69) is 31.1 Å². The summed E-state index contributed by atoms with van der Waals surface area (Å²) in [6.45, 7) is 6.98. The second kappa shape index (κ2) is 4.41. The SMILES string of the molecule is Cn1nncc1C1CC(C(C)(C)C)CCC1N. The largest absolute Gasteiger partial charge is 0.327 e. The van der Waals surface area contributed by atoms with E-state index >= 15 is 0 Å². The maximum atomic E-state index is 6.28. The molecule has 1 fully saturated rings. The van der Waals surface area contributed by atoms with Gasteiger partial charge in [0.2, 0.25) is 0 Å². The molecule has 0 bridgehead atoms. The van der Waals surface area contributed by atoms with Crippen molar-refractivity contribution < 1.29 is 0 Å². The van der Waals surface area contributed by atoms with Gasteiger partial charge in [-0.3, -0.25) is 4.68 Å². The molecule has 3 atom stereocenters. The van der Waals surface area contributed by atoms with E-state index in [0.717, 1.165) is 18.8 Å². The highest BCUT2D eigenvalue weighted by Crippen LogP contribution is 2.43. The first-order valence-corrected chi connectivity index (χ1v) is 6.49. The molecule has 4 heteroatoms. The van der Waals surface area contributed by atoms with Gasteiger partial charge in [-0.25, -0.2) is 0 Å². The molecule has 0 radical (unpaired) electrons. The standard InChI is InChI=1S/C13H24N4/c1-13(2,3)9-5-6-11(14)10(7-9)12-8-15-16-17(12)4/h8-11H,5-7,14H2,1-4H3. The Morgan fingerprint density at radius 3 is 2.59 bits per heavy atom. The van der Waals surface area contributed by atoms with E-state index in [0.29, 0.717) is 11.3 Å². The molecule has 2 rings (SSSR count). The number of aromatic nitrogens is 3. The topological polar surface area (TPSA) is 56.7 Å². The number of nitrogens with two attached hydrogens (primary N) is 1. The smallest absolute Gasteiger partial charge is 0.0728 e. The predicted octanol–water partition coefficient (Wildman–Crippen LogP) is 2.07. The van der Waals surface area contributed by atoms with Gasteiger partial charge in [0.15, 0.2) is 0 Å². The zero-order valence-corrected chi connectivity index (χ0v) is 11.3. The van der Waals surface area contributed by atoms with Crippen LogP contribution in [-0.2, 0) is 7.05 Å². The minimum atomic E-state index is 0.255. The second-order valence-electron chi connectivity index (χ2n) is 6.43. The van der Waals surface area contributed by atoms with Crippen molar-refractivity contribution in [2.45, 2.75) is 52.0 Å². The van der Waals surface area contributed by atoms with Crippen molar-refractivity contribution in [1.29, 1.82) is 0 Å². The Kier molecular flexibility index (Phi) is 3.25. The molecule has 0 aliphatic heterocycles. The maximum absolute atomic E-state index is 6.28. The molecule has 3 unspecified atom stereocenters. The Balaban J connectivity index is 2.19. The van der Waals surface area contributed by atoms with Crippen LogP contribution in [-0.4, -0.2) is 21.0 Å². The van der Waals surface area contributed by atoms with Gasteiger partial charge in [-0.2, -0.15) is 0 Å². The van der Waals surface area contributed by atoms with Gasteiger partial charge in [0, 0.05) is 19.0 Å². The molecule has 0 amide bonds. The summed E-state index contributed by atoms with van der Waals surface area (Å²) in [5.74, 6) is 1.15. The van der Waals surface area contributed by atoms with E-state index in [4.69, 9.17) is 5.73 Å². The van der Waals surface area contributed by atoms with Crippen molar-refractivity contribution in [3.63, 3.8) is 0 Å². The third kappa shape index (κ3) is 2.51. The average molecular weight is 236 g/mol. The molecule has 1 aromatic heterocycles. The molecular formula is C13H24N4. The fourth-order valence-corrected chi connectivity index (χ4v) is 2.95. The Morgan fingerprint density at radius 2 is 2.06 bits per heavy atom. The first kappa shape index (κ1) is 12.6. The lowest BCUT2D eigenvalue weighted by Gasteiger charge is -2.40. The van der Waals surface area contributed by atoms with Crippen LogP contribution in [0, 0.1) is 11.3 Å². The molecule has 4 nitrogen and oxygen atoms in total. The van der Waals surface area contributed by atoms with Crippen LogP contribution in [0.3, 0.4) is 0 Å². The molecule has 17 heavy (non-hydrogen) atoms. The van der Waals surface area contributed by atoms with Crippen LogP contribution >= 0.6 is 0 Å². The van der Waals surface area contributed by atoms with Gasteiger partial charge < -0.3 is 5.73 Å². The summed E-state index contributed by atoms with van der Waals surface area (Å²) in [5, 5.41) is 8.00. The van der Waals surface area contributed by atoms with Gasteiger partial charge in [0.25, 0.3) is 0 Å². The zero-order valence-electron chi connectivity index (χ0n) is 11.3. The summed E-state index contributed by atoms with van der Waals surface area (Å²) in [4.78, 5) is 0. The summed E-state index contributed by atoms with van der Waals surface area (Å²) in [6.07, 6.45) is 5.38. The maximum Gasteiger partial charge on any atom is 0.0728 e. The molecule has 2 N–H and O–H groups in total. The van der Waals surface area contributed by atoms with Gasteiger partial charge in [0.05, 0.1) is 11.9 Å². The lowest BCUT2D eigenvalue weighted by atomic mass is 9.67. The van der Waals surface area contributed by atoms with Crippen LogP contribution in [0.5, 0.6) is 0 Å². The number of nitrogens with zero attached hydrogens (tertiary/aromatic N) is 3. The first-order valence-electron chi connectivity index (χ1n) is 6.49.